The van der Waals surface area contributed by atoms with E-state index in [0.29, 0.717) is 5.39 Å². The van der Waals surface area contributed by atoms with E-state index in [4.69, 9.17) is 0 Å². The Morgan fingerprint density at radius 1 is 0.941 bits per heavy atom. The van der Waals surface area contributed by atoms with E-state index in [-0.39, 0.29) is 68.0 Å². The second-order valence-corrected chi connectivity index (χ2v) is 9.75. The number of amides is 1. The first kappa shape index (κ1) is 26.6. The molecule has 3 aromatic carbocycles. The Bertz CT molecular complexity index is 1570. The molecule has 0 saturated carbocycles. The summed E-state index contributed by atoms with van der Waals surface area (Å²) < 4.78 is 69.6. The third kappa shape index (κ3) is 5.28. The summed E-state index contributed by atoms with van der Waals surface area (Å²) in [6, 6.07) is 12.7. The smallest absolute Gasteiger partial charge is 0.744 e. The van der Waals surface area contributed by atoms with Crippen LogP contribution >= 0.6 is 0 Å². The molecule has 0 spiro atoms. The van der Waals surface area contributed by atoms with E-state index < -0.39 is 42.0 Å². The van der Waals surface area contributed by atoms with Gasteiger partial charge in [-0.1, -0.05) is 36.4 Å². The van der Waals surface area contributed by atoms with Crippen LogP contribution in [0.3, 0.4) is 0 Å². The van der Waals surface area contributed by atoms with Crippen molar-refractivity contribution >= 4 is 99.5 Å². The van der Waals surface area contributed by atoms with Crippen molar-refractivity contribution in [3.8, 4) is 0 Å². The first-order valence-electron chi connectivity index (χ1n) is 9.30. The quantitative estimate of drug-likeness (QED) is 0.255. The number of nitrogens with zero attached hydrogens (tertiary/aromatic N) is 4. The van der Waals surface area contributed by atoms with Crippen molar-refractivity contribution in [3.05, 3.63) is 60.7 Å². The van der Waals surface area contributed by atoms with Crippen molar-refractivity contribution < 1.29 is 30.7 Å². The van der Waals surface area contributed by atoms with E-state index in [1.54, 1.807) is 24.3 Å². The normalized spacial score (nSPS) is 16.7. The van der Waals surface area contributed by atoms with Crippen LogP contribution in [0.1, 0.15) is 6.92 Å². The average Bonchev–Trinajstić information content (AvgIpc) is 3.04. The van der Waals surface area contributed by atoms with Crippen LogP contribution < -0.4 is 5.01 Å². The molecule has 1 atom stereocenters. The van der Waals surface area contributed by atoms with Gasteiger partial charge in [-0.15, -0.1) is 0 Å². The molecule has 0 aromatic heterocycles. The van der Waals surface area contributed by atoms with Gasteiger partial charge < -0.3 is 9.11 Å². The maximum absolute atomic E-state index is 12.8. The van der Waals surface area contributed by atoms with Crippen LogP contribution in [0.2, 0.25) is 0 Å². The van der Waals surface area contributed by atoms with Gasteiger partial charge in [-0.2, -0.15) is 20.3 Å². The van der Waals surface area contributed by atoms with E-state index in [9.17, 15) is 30.7 Å². The summed E-state index contributed by atoms with van der Waals surface area (Å²) in [5.41, 5.74) is -0.0174. The summed E-state index contributed by atoms with van der Waals surface area (Å²) in [7, 11) is -9.67. The maximum atomic E-state index is 12.8. The van der Waals surface area contributed by atoms with Crippen molar-refractivity contribution in [2.45, 2.75) is 22.8 Å². The van der Waals surface area contributed by atoms with Gasteiger partial charge >= 0.3 is 45.5 Å². The molecule has 1 heterocycles. The van der Waals surface area contributed by atoms with E-state index in [1.807, 2.05) is 0 Å². The molecule has 0 fully saturated rings. The van der Waals surface area contributed by atoms with E-state index in [1.165, 1.54) is 31.2 Å². The van der Waals surface area contributed by atoms with E-state index >= 15 is 0 Å². The van der Waals surface area contributed by atoms with Crippen molar-refractivity contribution in [3.63, 3.8) is 0 Å². The van der Waals surface area contributed by atoms with Gasteiger partial charge in [-0.25, -0.2) is 16.8 Å². The number of hydrazone groups is 1. The molecule has 34 heavy (non-hydrogen) atoms. The molecule has 0 bridgehead atoms. The molecule has 11 nitrogen and oxygen atoms in total. The van der Waals surface area contributed by atoms with Crippen LogP contribution in [0.4, 0.5) is 11.4 Å². The Hall–Kier alpha value is -2.04. The van der Waals surface area contributed by atoms with E-state index in [2.05, 4.69) is 15.3 Å². The number of carbonyl (C=O) groups is 1. The van der Waals surface area contributed by atoms with Gasteiger partial charge in [0.05, 0.1) is 21.2 Å². The minimum Gasteiger partial charge on any atom is -0.744 e. The fraction of sp³-hybridized carbons (Fsp3) is 0.100. The number of benzene rings is 3. The number of hydrogen-bond donors (Lipinski definition) is 0. The summed E-state index contributed by atoms with van der Waals surface area (Å²) in [4.78, 5) is 11.7. The Labute approximate surface area is 232 Å². The van der Waals surface area contributed by atoms with Gasteiger partial charge in [0.15, 0.2) is 6.04 Å². The number of hydrogen-bond acceptors (Lipinski definition) is 10. The molecule has 1 amide bonds. The zero-order valence-electron chi connectivity index (χ0n) is 17.5. The largest absolute Gasteiger partial charge is 2.00 e. The fourth-order valence-corrected chi connectivity index (χ4v) is 4.67. The number of anilines is 1. The molecule has 1 unspecified atom stereocenters. The summed E-state index contributed by atoms with van der Waals surface area (Å²) in [5.74, 6) is -0.705. The minimum absolute atomic E-state index is 0. The second kappa shape index (κ2) is 9.91. The summed E-state index contributed by atoms with van der Waals surface area (Å²) in [6.45, 7) is 1.47. The second-order valence-electron chi connectivity index (χ2n) is 7.05. The topological polar surface area (TPSA) is 172 Å². The van der Waals surface area contributed by atoms with Gasteiger partial charge in [0, 0.05) is 5.39 Å². The Balaban J connectivity index is 0.00000324. The average molecular weight is 574 g/mol. The molecule has 0 aliphatic carbocycles. The molecule has 1 aliphatic rings. The Morgan fingerprint density at radius 3 is 2.32 bits per heavy atom. The molecule has 170 valence electrons. The van der Waals surface area contributed by atoms with Crippen LogP contribution in [0.15, 0.2) is 85.8 Å². The third-order valence-electron chi connectivity index (χ3n) is 4.84. The number of carbonyl (C=O) groups excluding carboxylic acids is 1. The first-order chi connectivity index (χ1) is 15.5. The molecule has 0 radical (unpaired) electrons. The van der Waals surface area contributed by atoms with E-state index in [0.717, 1.165) is 17.1 Å². The number of rotatable bonds is 5. The van der Waals surface area contributed by atoms with Gasteiger partial charge in [-0.05, 0) is 36.6 Å². The molecular formula is C20H14N4O7S2Sr. The maximum Gasteiger partial charge on any atom is 2.00 e. The number of fused-ring (bicyclic) bond motifs is 1. The molecule has 3 aromatic rings. The van der Waals surface area contributed by atoms with Crippen molar-refractivity contribution in [2.24, 2.45) is 15.3 Å². The molecule has 4 rings (SSSR count). The molecule has 0 saturated heterocycles. The third-order valence-corrected chi connectivity index (χ3v) is 6.60. The summed E-state index contributed by atoms with van der Waals surface area (Å²) >= 11 is 0. The Kier molecular flexibility index (Phi) is 7.74. The monoisotopic (exact) mass is 574 g/mol. The summed E-state index contributed by atoms with van der Waals surface area (Å²) in [5, 5.41) is 13.4. The molecule has 0 N–H and O–H groups in total. The van der Waals surface area contributed by atoms with Crippen LogP contribution in [-0.2, 0) is 25.0 Å². The van der Waals surface area contributed by atoms with Gasteiger partial charge in [0.1, 0.15) is 25.9 Å². The summed E-state index contributed by atoms with van der Waals surface area (Å²) in [6.07, 6.45) is 0. The molecular weight excluding hydrogens is 560 g/mol. The Morgan fingerprint density at radius 2 is 1.65 bits per heavy atom. The fourth-order valence-electron chi connectivity index (χ4n) is 3.34. The standard InChI is InChI=1S/C20H16N4O7S2.Sr/c1-12-18(20(25)24(23-12)14-6-4-7-15(11-14)32(26,27)28)22-21-17-10-9-13-5-2-3-8-16(13)19(17)33(29,30)31;/h2-11,18H,1H3,(H,26,27,28)(H,29,30,31);/q;+2/p-2. The van der Waals surface area contributed by atoms with Crippen molar-refractivity contribution in [1.29, 1.82) is 0 Å². The number of azo groups is 1. The van der Waals surface area contributed by atoms with Gasteiger partial charge in [0.25, 0.3) is 5.91 Å². The van der Waals surface area contributed by atoms with Gasteiger partial charge in [-0.3, -0.25) is 4.79 Å². The van der Waals surface area contributed by atoms with Crippen molar-refractivity contribution in [1.82, 2.24) is 0 Å². The van der Waals surface area contributed by atoms with Crippen LogP contribution in [0.25, 0.3) is 10.8 Å². The zero-order chi connectivity index (χ0) is 24.0. The first-order valence-corrected chi connectivity index (χ1v) is 12.1. The van der Waals surface area contributed by atoms with Crippen LogP contribution in [-0.4, -0.2) is 89.1 Å². The minimum atomic E-state index is -4.92. The predicted octanol–water partition coefficient (Wildman–Crippen LogP) is 2.14. The van der Waals surface area contributed by atoms with Crippen molar-refractivity contribution in [2.75, 3.05) is 5.01 Å². The molecule has 14 heteroatoms. The zero-order valence-corrected chi connectivity index (χ0v) is 22.6. The SMILES string of the molecule is CC1=NN(c2cccc(S(=O)(=O)[O-])c2)C(=O)C1N=Nc1ccc2ccccc2c1S(=O)(=O)[O-].[Sr+2]. The van der Waals surface area contributed by atoms with Crippen LogP contribution in [0.5, 0.6) is 0 Å². The van der Waals surface area contributed by atoms with Gasteiger partial charge in [0.2, 0.25) is 0 Å². The van der Waals surface area contributed by atoms with Crippen LogP contribution in [0, 0.1) is 0 Å². The predicted molar refractivity (Wildman–Crippen MR) is 121 cm³/mol. The molecule has 1 aliphatic heterocycles.